The number of rotatable bonds is 5. The van der Waals surface area contributed by atoms with E-state index in [0.717, 1.165) is 30.5 Å². The monoisotopic (exact) mass is 207 g/mol. The zero-order valence-corrected chi connectivity index (χ0v) is 9.23. The molecule has 0 aliphatic rings. The zero-order chi connectivity index (χ0) is 11.3. The van der Waals surface area contributed by atoms with E-state index in [4.69, 9.17) is 5.73 Å². The van der Waals surface area contributed by atoms with Gasteiger partial charge in [-0.1, -0.05) is 0 Å². The van der Waals surface area contributed by atoms with Gasteiger partial charge < -0.3 is 15.4 Å². The molecule has 0 atom stereocenters. The standard InChI is InChI=1S/C11H17N3O/c1-9-7-11(12)13-8-10(9)14(2)5-3-4-6-15/h6-8H,3-5H2,1-2H3,(H2,12,13). The van der Waals surface area contributed by atoms with E-state index in [9.17, 15) is 4.79 Å². The van der Waals surface area contributed by atoms with Gasteiger partial charge in [0.1, 0.15) is 12.1 Å². The van der Waals surface area contributed by atoms with Crippen LogP contribution in [0.3, 0.4) is 0 Å². The van der Waals surface area contributed by atoms with Crippen LogP contribution in [0.25, 0.3) is 0 Å². The van der Waals surface area contributed by atoms with Gasteiger partial charge in [0.25, 0.3) is 0 Å². The molecule has 82 valence electrons. The minimum Gasteiger partial charge on any atom is -0.384 e. The average Bonchev–Trinajstić information content (AvgIpc) is 2.17. The molecule has 4 nitrogen and oxygen atoms in total. The molecule has 0 saturated heterocycles. The third-order valence-corrected chi connectivity index (χ3v) is 2.33. The largest absolute Gasteiger partial charge is 0.384 e. The fraction of sp³-hybridized carbons (Fsp3) is 0.455. The molecule has 1 aromatic heterocycles. The van der Waals surface area contributed by atoms with E-state index in [2.05, 4.69) is 9.88 Å². The fourth-order valence-electron chi connectivity index (χ4n) is 1.50. The molecular formula is C11H17N3O. The van der Waals surface area contributed by atoms with Crippen LogP contribution in [0.1, 0.15) is 18.4 Å². The van der Waals surface area contributed by atoms with E-state index < -0.39 is 0 Å². The molecule has 0 aliphatic carbocycles. The van der Waals surface area contributed by atoms with Crippen molar-refractivity contribution in [3.05, 3.63) is 17.8 Å². The highest BCUT2D eigenvalue weighted by atomic mass is 16.1. The van der Waals surface area contributed by atoms with Crippen molar-refractivity contribution in [2.45, 2.75) is 19.8 Å². The first-order chi connectivity index (χ1) is 7.15. The molecule has 0 amide bonds. The lowest BCUT2D eigenvalue weighted by Crippen LogP contribution is -2.19. The summed E-state index contributed by atoms with van der Waals surface area (Å²) in [5, 5.41) is 0. The van der Waals surface area contributed by atoms with Gasteiger partial charge in [0.2, 0.25) is 0 Å². The quantitative estimate of drug-likeness (QED) is 0.585. The highest BCUT2D eigenvalue weighted by molar-refractivity contribution is 5.54. The first kappa shape index (κ1) is 11.5. The van der Waals surface area contributed by atoms with E-state index >= 15 is 0 Å². The Hall–Kier alpha value is -1.58. The maximum absolute atomic E-state index is 10.2. The highest BCUT2D eigenvalue weighted by Gasteiger charge is 2.04. The highest BCUT2D eigenvalue weighted by Crippen LogP contribution is 2.19. The van der Waals surface area contributed by atoms with E-state index in [1.165, 1.54) is 0 Å². The number of nitrogen functional groups attached to an aromatic ring is 1. The number of carbonyl (C=O) groups is 1. The molecule has 1 aromatic rings. The third-order valence-electron chi connectivity index (χ3n) is 2.33. The third kappa shape index (κ3) is 3.23. The van der Waals surface area contributed by atoms with Gasteiger partial charge in [0, 0.05) is 20.0 Å². The van der Waals surface area contributed by atoms with Gasteiger partial charge >= 0.3 is 0 Å². The first-order valence-electron chi connectivity index (χ1n) is 5.02. The summed E-state index contributed by atoms with van der Waals surface area (Å²) in [5.74, 6) is 0.539. The Morgan fingerprint density at radius 2 is 2.33 bits per heavy atom. The van der Waals surface area contributed by atoms with Crippen molar-refractivity contribution < 1.29 is 4.79 Å². The second-order valence-electron chi connectivity index (χ2n) is 3.63. The SMILES string of the molecule is Cc1cc(N)ncc1N(C)CCCC=O. The van der Waals surface area contributed by atoms with Gasteiger partial charge in [0.15, 0.2) is 0 Å². The lowest BCUT2D eigenvalue weighted by Gasteiger charge is -2.20. The van der Waals surface area contributed by atoms with Crippen molar-refractivity contribution in [2.24, 2.45) is 0 Å². The summed E-state index contributed by atoms with van der Waals surface area (Å²) >= 11 is 0. The van der Waals surface area contributed by atoms with Crippen LogP contribution in [0.4, 0.5) is 11.5 Å². The molecular weight excluding hydrogens is 190 g/mol. The molecule has 0 fully saturated rings. The molecule has 0 aromatic carbocycles. The second-order valence-corrected chi connectivity index (χ2v) is 3.63. The number of carbonyl (C=O) groups excluding carboxylic acids is 1. The topological polar surface area (TPSA) is 59.2 Å². The van der Waals surface area contributed by atoms with E-state index in [1.54, 1.807) is 6.20 Å². The van der Waals surface area contributed by atoms with Crippen molar-refractivity contribution >= 4 is 17.8 Å². The normalized spacial score (nSPS) is 10.0. The Kier molecular flexibility index (Phi) is 4.09. The van der Waals surface area contributed by atoms with Crippen LogP contribution in [0.15, 0.2) is 12.3 Å². The molecule has 1 rings (SSSR count). The summed E-state index contributed by atoms with van der Waals surface area (Å²) in [6.07, 6.45) is 4.18. The molecule has 0 aliphatic heterocycles. The summed E-state index contributed by atoms with van der Waals surface area (Å²) < 4.78 is 0. The summed E-state index contributed by atoms with van der Waals surface area (Å²) in [6, 6.07) is 1.85. The lowest BCUT2D eigenvalue weighted by molar-refractivity contribution is -0.107. The smallest absolute Gasteiger partial charge is 0.123 e. The molecule has 0 saturated carbocycles. The van der Waals surface area contributed by atoms with Gasteiger partial charge in [-0.25, -0.2) is 4.98 Å². The summed E-state index contributed by atoms with van der Waals surface area (Å²) in [7, 11) is 1.99. The van der Waals surface area contributed by atoms with Gasteiger partial charge in [0.05, 0.1) is 11.9 Å². The molecule has 4 heteroatoms. The number of anilines is 2. The maximum atomic E-state index is 10.2. The van der Waals surface area contributed by atoms with Gasteiger partial charge in [-0.15, -0.1) is 0 Å². The number of unbranched alkanes of at least 4 members (excludes halogenated alkanes) is 1. The van der Waals surface area contributed by atoms with Crippen LogP contribution in [0.2, 0.25) is 0 Å². The molecule has 0 unspecified atom stereocenters. The Labute approximate surface area is 90.1 Å². The minimum absolute atomic E-state index is 0.539. The molecule has 0 bridgehead atoms. The Balaban J connectivity index is 2.64. The number of aldehydes is 1. The van der Waals surface area contributed by atoms with Crippen LogP contribution >= 0.6 is 0 Å². The van der Waals surface area contributed by atoms with E-state index in [0.29, 0.717) is 12.2 Å². The number of nitrogens with two attached hydrogens (primary N) is 1. The van der Waals surface area contributed by atoms with Crippen molar-refractivity contribution in [1.82, 2.24) is 4.98 Å². The average molecular weight is 207 g/mol. The van der Waals surface area contributed by atoms with Crippen LogP contribution in [-0.4, -0.2) is 24.9 Å². The maximum Gasteiger partial charge on any atom is 0.123 e. The van der Waals surface area contributed by atoms with Crippen LogP contribution in [-0.2, 0) is 4.79 Å². The summed E-state index contributed by atoms with van der Waals surface area (Å²) in [6.45, 7) is 2.86. The van der Waals surface area contributed by atoms with Gasteiger partial charge in [-0.2, -0.15) is 0 Å². The Bertz CT molecular complexity index is 339. The molecule has 0 radical (unpaired) electrons. The van der Waals surface area contributed by atoms with Crippen molar-refractivity contribution in [1.29, 1.82) is 0 Å². The minimum atomic E-state index is 0.539. The summed E-state index contributed by atoms with van der Waals surface area (Å²) in [5.41, 5.74) is 7.75. The predicted octanol–water partition coefficient (Wildman–Crippen LogP) is 1.39. The number of aromatic nitrogens is 1. The lowest BCUT2D eigenvalue weighted by atomic mass is 10.2. The van der Waals surface area contributed by atoms with Crippen molar-refractivity contribution in [2.75, 3.05) is 24.2 Å². The van der Waals surface area contributed by atoms with Crippen LogP contribution < -0.4 is 10.6 Å². The Morgan fingerprint density at radius 1 is 1.60 bits per heavy atom. The van der Waals surface area contributed by atoms with Gasteiger partial charge in [-0.3, -0.25) is 0 Å². The molecule has 0 spiro atoms. The van der Waals surface area contributed by atoms with Gasteiger partial charge in [-0.05, 0) is 25.0 Å². The number of hydrogen-bond donors (Lipinski definition) is 1. The van der Waals surface area contributed by atoms with Crippen molar-refractivity contribution in [3.63, 3.8) is 0 Å². The van der Waals surface area contributed by atoms with Crippen molar-refractivity contribution in [3.8, 4) is 0 Å². The predicted molar refractivity (Wildman–Crippen MR) is 62.0 cm³/mol. The summed E-state index contributed by atoms with van der Waals surface area (Å²) in [4.78, 5) is 16.3. The van der Waals surface area contributed by atoms with E-state index in [1.807, 2.05) is 20.0 Å². The van der Waals surface area contributed by atoms with Crippen LogP contribution in [0.5, 0.6) is 0 Å². The molecule has 15 heavy (non-hydrogen) atoms. The Morgan fingerprint density at radius 3 is 2.93 bits per heavy atom. The first-order valence-corrected chi connectivity index (χ1v) is 5.02. The zero-order valence-electron chi connectivity index (χ0n) is 9.23. The van der Waals surface area contributed by atoms with Crippen LogP contribution in [0, 0.1) is 6.92 Å². The number of nitrogens with zero attached hydrogens (tertiary/aromatic N) is 2. The molecule has 1 heterocycles. The second kappa shape index (κ2) is 5.34. The number of pyridine rings is 1. The number of hydrogen-bond acceptors (Lipinski definition) is 4. The number of aryl methyl sites for hydroxylation is 1. The fourth-order valence-corrected chi connectivity index (χ4v) is 1.50. The molecule has 2 N–H and O–H groups in total. The van der Waals surface area contributed by atoms with E-state index in [-0.39, 0.29) is 0 Å².